The van der Waals surface area contributed by atoms with Gasteiger partial charge in [0.2, 0.25) is 0 Å². The van der Waals surface area contributed by atoms with Crippen LogP contribution in [0.3, 0.4) is 0 Å². The molecule has 12 heteroatoms. The monoisotopic (exact) mass is 504 g/mol. The van der Waals surface area contributed by atoms with E-state index in [0.29, 0.717) is 34.0 Å². The zero-order chi connectivity index (χ0) is 21.4. The van der Waals surface area contributed by atoms with E-state index in [1.54, 1.807) is 6.07 Å². The summed E-state index contributed by atoms with van der Waals surface area (Å²) in [4.78, 5) is 4.16. The van der Waals surface area contributed by atoms with Crippen molar-refractivity contribution in [3.8, 4) is 11.3 Å². The number of nitrogens with two attached hydrogens (primary N) is 1. The van der Waals surface area contributed by atoms with Gasteiger partial charge in [0.05, 0.1) is 16.2 Å². The third-order valence-corrected chi connectivity index (χ3v) is 6.41. The molecule has 3 aromatic rings. The summed E-state index contributed by atoms with van der Waals surface area (Å²) in [5.74, 6) is 0. The second-order valence-electron chi connectivity index (χ2n) is 5.79. The van der Waals surface area contributed by atoms with Gasteiger partial charge in [0.1, 0.15) is 0 Å². The Bertz CT molecular complexity index is 1220. The lowest BCUT2D eigenvalue weighted by molar-refractivity contribution is -0.137. The highest BCUT2D eigenvalue weighted by atomic mass is 79.9. The Morgan fingerprint density at radius 3 is 2.52 bits per heavy atom. The molecule has 0 spiro atoms. The Hall–Kier alpha value is -2.15. The first-order valence-corrected chi connectivity index (χ1v) is 10.9. The highest BCUT2D eigenvalue weighted by molar-refractivity contribution is 9.10. The van der Waals surface area contributed by atoms with Gasteiger partial charge in [-0.25, -0.2) is 8.42 Å². The molecule has 0 fully saturated rings. The van der Waals surface area contributed by atoms with Crippen LogP contribution in [-0.2, 0) is 16.2 Å². The molecule has 0 aliphatic rings. The van der Waals surface area contributed by atoms with Crippen LogP contribution in [0.25, 0.3) is 22.0 Å². The third-order valence-electron chi connectivity index (χ3n) is 3.94. The fourth-order valence-corrected chi connectivity index (χ4v) is 4.61. The van der Waals surface area contributed by atoms with Crippen LogP contribution in [0.15, 0.2) is 58.0 Å². The van der Waals surface area contributed by atoms with Gasteiger partial charge in [-0.1, -0.05) is 28.1 Å². The summed E-state index contributed by atoms with van der Waals surface area (Å²) in [6.45, 7) is 0. The number of aromatic nitrogens is 1. The summed E-state index contributed by atoms with van der Waals surface area (Å²) in [5, 5.41) is 13.2. The molecule has 0 aliphatic heterocycles. The van der Waals surface area contributed by atoms with E-state index >= 15 is 0 Å². The fraction of sp³-hybridized carbons (Fsp3) is 0.0588. The molecule has 152 valence electrons. The molecule has 0 aliphatic carbocycles. The second kappa shape index (κ2) is 7.94. The van der Waals surface area contributed by atoms with Crippen LogP contribution in [-0.4, -0.2) is 18.6 Å². The van der Waals surface area contributed by atoms with Crippen LogP contribution >= 0.6 is 27.9 Å². The Kier molecular flexibility index (Phi) is 5.90. The number of benzene rings is 2. The van der Waals surface area contributed by atoms with Crippen molar-refractivity contribution in [3.63, 3.8) is 0 Å². The SMILES string of the molecule is N=C(NS(=O)(=O)c1ccc2c(-c3ccc(C(F)(F)F)cc3Br)nccc2c1)SN. The Balaban J connectivity index is 2.10. The van der Waals surface area contributed by atoms with Gasteiger partial charge < -0.3 is 0 Å². The average molecular weight is 505 g/mol. The van der Waals surface area contributed by atoms with Crippen LogP contribution in [0.1, 0.15) is 5.56 Å². The molecule has 6 nitrogen and oxygen atoms in total. The highest BCUT2D eigenvalue weighted by Gasteiger charge is 2.31. The quantitative estimate of drug-likeness (QED) is 0.276. The molecule has 29 heavy (non-hydrogen) atoms. The normalized spacial score (nSPS) is 12.2. The molecular weight excluding hydrogens is 493 g/mol. The Morgan fingerprint density at radius 1 is 1.17 bits per heavy atom. The summed E-state index contributed by atoms with van der Waals surface area (Å²) in [5.41, 5.74) is 0.0249. The first kappa shape index (κ1) is 21.6. The number of halogens is 4. The predicted octanol–water partition coefficient (Wildman–Crippen LogP) is 4.50. The third kappa shape index (κ3) is 4.55. The summed E-state index contributed by atoms with van der Waals surface area (Å²) in [6, 6.07) is 9.03. The largest absolute Gasteiger partial charge is 0.416 e. The number of nitrogens with one attached hydrogen (secondary N) is 2. The van der Waals surface area contributed by atoms with Gasteiger partial charge in [-0.3, -0.25) is 20.3 Å². The van der Waals surface area contributed by atoms with Crippen LogP contribution in [0.2, 0.25) is 0 Å². The molecule has 0 atom stereocenters. The predicted molar refractivity (Wildman–Crippen MR) is 110 cm³/mol. The molecular formula is C17H12BrF3N4O2S2. The average Bonchev–Trinajstić information content (AvgIpc) is 2.66. The molecule has 0 saturated carbocycles. The molecule has 0 radical (unpaired) electrons. The molecule has 0 bridgehead atoms. The van der Waals surface area contributed by atoms with Gasteiger partial charge in [0.25, 0.3) is 10.0 Å². The number of hydrogen-bond donors (Lipinski definition) is 3. The van der Waals surface area contributed by atoms with Crippen LogP contribution in [0, 0.1) is 5.41 Å². The van der Waals surface area contributed by atoms with E-state index in [1.165, 1.54) is 30.5 Å². The zero-order valence-electron chi connectivity index (χ0n) is 14.3. The molecule has 0 amide bonds. The maximum atomic E-state index is 12.9. The summed E-state index contributed by atoms with van der Waals surface area (Å²) in [6.07, 6.45) is -3.04. The topological polar surface area (TPSA) is 109 Å². The minimum absolute atomic E-state index is 0.0903. The number of rotatable bonds is 3. The van der Waals surface area contributed by atoms with Crippen molar-refractivity contribution in [1.29, 1.82) is 5.41 Å². The van der Waals surface area contributed by atoms with Gasteiger partial charge in [-0.15, -0.1) is 0 Å². The standard InChI is InChI=1S/C17H12BrF3N4O2S2/c18-14-8-10(17(19,20)21)1-3-13(14)15-12-4-2-11(7-9(12)5-6-24-15)29(26,27)25-16(22)28-23/h1-8H,23H2,(H2,22,25). The molecule has 1 heterocycles. The van der Waals surface area contributed by atoms with Crippen LogP contribution in [0.4, 0.5) is 13.2 Å². The summed E-state index contributed by atoms with van der Waals surface area (Å²) < 4.78 is 65.6. The maximum Gasteiger partial charge on any atom is 0.416 e. The van der Waals surface area contributed by atoms with Crippen molar-refractivity contribution in [3.05, 3.63) is 58.7 Å². The molecule has 0 saturated heterocycles. The minimum Gasteiger partial charge on any atom is -0.277 e. The molecule has 3 rings (SSSR count). The van der Waals surface area contributed by atoms with E-state index < -0.39 is 26.9 Å². The zero-order valence-corrected chi connectivity index (χ0v) is 17.5. The van der Waals surface area contributed by atoms with Crippen molar-refractivity contribution in [2.75, 3.05) is 0 Å². The molecule has 1 aromatic heterocycles. The van der Waals surface area contributed by atoms with E-state index in [0.717, 1.165) is 12.1 Å². The first-order valence-electron chi connectivity index (χ1n) is 7.77. The number of fused-ring (bicyclic) bond motifs is 1. The summed E-state index contributed by atoms with van der Waals surface area (Å²) >= 11 is 3.61. The van der Waals surface area contributed by atoms with Gasteiger partial charge in [0, 0.05) is 21.6 Å². The van der Waals surface area contributed by atoms with E-state index in [4.69, 9.17) is 10.5 Å². The number of amidine groups is 1. The number of nitrogens with zero attached hydrogens (tertiary/aromatic N) is 1. The lowest BCUT2D eigenvalue weighted by Crippen LogP contribution is -2.28. The smallest absolute Gasteiger partial charge is 0.277 e. The van der Waals surface area contributed by atoms with Crippen LogP contribution < -0.4 is 9.86 Å². The summed E-state index contributed by atoms with van der Waals surface area (Å²) in [7, 11) is -4.00. The van der Waals surface area contributed by atoms with Gasteiger partial charge in [0.15, 0.2) is 5.17 Å². The number of pyridine rings is 1. The fourth-order valence-electron chi connectivity index (χ4n) is 2.63. The Labute approximate surface area is 176 Å². The van der Waals surface area contributed by atoms with Crippen molar-refractivity contribution < 1.29 is 21.6 Å². The Morgan fingerprint density at radius 2 is 1.90 bits per heavy atom. The second-order valence-corrected chi connectivity index (χ2v) is 8.97. The molecule has 2 aromatic carbocycles. The van der Waals surface area contributed by atoms with E-state index in [9.17, 15) is 21.6 Å². The molecule has 4 N–H and O–H groups in total. The number of sulfonamides is 1. The van der Waals surface area contributed by atoms with Crippen molar-refractivity contribution in [1.82, 2.24) is 9.71 Å². The van der Waals surface area contributed by atoms with Gasteiger partial charge >= 0.3 is 6.18 Å². The minimum atomic E-state index is -4.47. The van der Waals surface area contributed by atoms with Crippen molar-refractivity contribution in [2.24, 2.45) is 5.14 Å². The van der Waals surface area contributed by atoms with Crippen molar-refractivity contribution in [2.45, 2.75) is 11.1 Å². The number of hydrogen-bond acceptors (Lipinski definition) is 6. The van der Waals surface area contributed by atoms with E-state index in [2.05, 4.69) is 20.9 Å². The van der Waals surface area contributed by atoms with Crippen molar-refractivity contribution >= 4 is 53.8 Å². The maximum absolute atomic E-state index is 12.9. The lowest BCUT2D eigenvalue weighted by Gasteiger charge is -2.12. The van der Waals surface area contributed by atoms with Gasteiger partial charge in [-0.05, 0) is 47.7 Å². The number of alkyl halides is 3. The van der Waals surface area contributed by atoms with Crippen LogP contribution in [0.5, 0.6) is 0 Å². The lowest BCUT2D eigenvalue weighted by atomic mass is 10.0. The van der Waals surface area contributed by atoms with E-state index in [-0.39, 0.29) is 9.37 Å². The van der Waals surface area contributed by atoms with E-state index in [1.807, 2.05) is 4.72 Å². The molecule has 0 unspecified atom stereocenters. The highest BCUT2D eigenvalue weighted by Crippen LogP contribution is 2.37. The first-order chi connectivity index (χ1) is 13.5. The van der Waals surface area contributed by atoms with Gasteiger partial charge in [-0.2, -0.15) is 13.2 Å².